The van der Waals surface area contributed by atoms with Crippen LogP contribution < -0.4 is 10.6 Å². The van der Waals surface area contributed by atoms with Crippen LogP contribution in [-0.2, 0) is 4.74 Å². The quantitative estimate of drug-likeness (QED) is 0.854. The van der Waals surface area contributed by atoms with E-state index in [4.69, 9.17) is 22.1 Å². The van der Waals surface area contributed by atoms with Gasteiger partial charge in [0, 0.05) is 29.4 Å². The summed E-state index contributed by atoms with van der Waals surface area (Å²) in [4.78, 5) is 6.88. The molecule has 2 aliphatic rings. The van der Waals surface area contributed by atoms with E-state index >= 15 is 0 Å². The number of nitrogens with zero attached hydrogens (tertiary/aromatic N) is 2. The number of benzene rings is 2. The van der Waals surface area contributed by atoms with E-state index < -0.39 is 0 Å². The molecule has 6 heteroatoms. The number of anilines is 1. The van der Waals surface area contributed by atoms with Crippen LogP contribution >= 0.6 is 23.4 Å². The Hall–Kier alpha value is -1.95. The number of rotatable bonds is 3. The lowest BCUT2D eigenvalue weighted by Gasteiger charge is -2.29. The minimum Gasteiger partial charge on any atom is -0.378 e. The summed E-state index contributed by atoms with van der Waals surface area (Å²) < 4.78 is 5.42. The van der Waals surface area contributed by atoms with Gasteiger partial charge >= 0.3 is 0 Å². The van der Waals surface area contributed by atoms with Crippen molar-refractivity contribution in [3.8, 4) is 0 Å². The largest absolute Gasteiger partial charge is 0.378 e. The SMILES string of the molecule is NC1=NC(c2ccc(N3CCOCC3)cc2)=CC(c2cccc(Cl)c2)S1. The van der Waals surface area contributed by atoms with Crippen molar-refractivity contribution >= 4 is 39.9 Å². The summed E-state index contributed by atoms with van der Waals surface area (Å²) in [6.45, 7) is 3.43. The van der Waals surface area contributed by atoms with Crippen LogP contribution in [0.15, 0.2) is 59.6 Å². The van der Waals surface area contributed by atoms with Gasteiger partial charge in [0.05, 0.1) is 24.2 Å². The molecule has 1 fully saturated rings. The third-order valence-electron chi connectivity index (χ3n) is 4.50. The van der Waals surface area contributed by atoms with Gasteiger partial charge in [0.25, 0.3) is 0 Å². The topological polar surface area (TPSA) is 50.8 Å². The fourth-order valence-corrected chi connectivity index (χ4v) is 4.25. The molecule has 0 spiro atoms. The first-order chi connectivity index (χ1) is 12.7. The zero-order valence-electron chi connectivity index (χ0n) is 14.3. The average molecular weight is 386 g/mol. The highest BCUT2D eigenvalue weighted by atomic mass is 35.5. The van der Waals surface area contributed by atoms with E-state index in [2.05, 4.69) is 46.3 Å². The minimum absolute atomic E-state index is 0.111. The summed E-state index contributed by atoms with van der Waals surface area (Å²) in [6, 6.07) is 16.4. The van der Waals surface area contributed by atoms with Crippen molar-refractivity contribution in [3.05, 3.63) is 70.8 Å². The predicted molar refractivity (Wildman–Crippen MR) is 111 cm³/mol. The first-order valence-corrected chi connectivity index (χ1v) is 9.86. The molecule has 0 bridgehead atoms. The molecular weight excluding hydrogens is 366 g/mol. The Morgan fingerprint density at radius 1 is 1.12 bits per heavy atom. The number of aliphatic imine (C=N–C) groups is 1. The normalized spacial score (nSPS) is 20.5. The van der Waals surface area contributed by atoms with Crippen molar-refractivity contribution in [2.75, 3.05) is 31.2 Å². The van der Waals surface area contributed by atoms with Gasteiger partial charge in [-0.05, 0) is 35.9 Å². The van der Waals surface area contributed by atoms with Gasteiger partial charge in [-0.1, -0.05) is 47.6 Å². The molecule has 2 heterocycles. The van der Waals surface area contributed by atoms with Crippen molar-refractivity contribution in [3.63, 3.8) is 0 Å². The van der Waals surface area contributed by atoms with Crippen molar-refractivity contribution in [2.45, 2.75) is 5.25 Å². The van der Waals surface area contributed by atoms with Gasteiger partial charge in [0.2, 0.25) is 0 Å². The zero-order chi connectivity index (χ0) is 17.9. The lowest BCUT2D eigenvalue weighted by Crippen LogP contribution is -2.36. The van der Waals surface area contributed by atoms with Crippen molar-refractivity contribution in [1.29, 1.82) is 0 Å². The summed E-state index contributed by atoms with van der Waals surface area (Å²) in [7, 11) is 0. The number of hydrogen-bond acceptors (Lipinski definition) is 5. The highest BCUT2D eigenvalue weighted by Crippen LogP contribution is 2.38. The Kier molecular flexibility index (Phi) is 5.20. The summed E-state index contributed by atoms with van der Waals surface area (Å²) in [5.74, 6) is 0. The molecule has 1 saturated heterocycles. The fraction of sp³-hybridized carbons (Fsp3) is 0.250. The first-order valence-electron chi connectivity index (χ1n) is 8.60. The molecule has 26 heavy (non-hydrogen) atoms. The maximum absolute atomic E-state index is 6.14. The fourth-order valence-electron chi connectivity index (χ4n) is 3.16. The molecule has 0 radical (unpaired) electrons. The zero-order valence-corrected chi connectivity index (χ0v) is 15.8. The van der Waals surface area contributed by atoms with Gasteiger partial charge in [0.1, 0.15) is 0 Å². The average Bonchev–Trinajstić information content (AvgIpc) is 2.68. The second kappa shape index (κ2) is 7.74. The van der Waals surface area contributed by atoms with Crippen molar-refractivity contribution in [1.82, 2.24) is 0 Å². The third-order valence-corrected chi connectivity index (χ3v) is 5.73. The molecule has 0 amide bonds. The predicted octanol–water partition coefficient (Wildman–Crippen LogP) is 4.32. The van der Waals surface area contributed by atoms with Crippen LogP contribution in [0.25, 0.3) is 5.70 Å². The Bertz CT molecular complexity index is 844. The number of nitrogens with two attached hydrogens (primary N) is 1. The Morgan fingerprint density at radius 3 is 2.62 bits per heavy atom. The Morgan fingerprint density at radius 2 is 1.88 bits per heavy atom. The second-order valence-electron chi connectivity index (χ2n) is 6.24. The van der Waals surface area contributed by atoms with Crippen molar-refractivity contribution < 1.29 is 4.74 Å². The standard InChI is InChI=1S/C20H20ClN3OS/c21-16-3-1-2-15(12-16)19-13-18(23-20(22)26-19)14-4-6-17(7-5-14)24-8-10-25-11-9-24/h1-7,12-13,19H,8-11H2,(H2,22,23). The van der Waals surface area contributed by atoms with Crippen LogP contribution in [0.2, 0.25) is 5.02 Å². The van der Waals surface area contributed by atoms with E-state index in [0.29, 0.717) is 5.17 Å². The lowest BCUT2D eigenvalue weighted by molar-refractivity contribution is 0.122. The van der Waals surface area contributed by atoms with Crippen LogP contribution in [0.1, 0.15) is 16.4 Å². The highest BCUT2D eigenvalue weighted by molar-refractivity contribution is 8.14. The van der Waals surface area contributed by atoms with E-state index in [9.17, 15) is 0 Å². The summed E-state index contributed by atoms with van der Waals surface area (Å²) >= 11 is 7.68. The molecule has 4 rings (SSSR count). The van der Waals surface area contributed by atoms with Crippen LogP contribution in [0.4, 0.5) is 5.69 Å². The second-order valence-corrected chi connectivity index (χ2v) is 7.84. The van der Waals surface area contributed by atoms with Gasteiger partial charge in [-0.3, -0.25) is 0 Å². The van der Waals surface area contributed by atoms with E-state index in [1.807, 2.05) is 18.2 Å². The van der Waals surface area contributed by atoms with Gasteiger partial charge in [-0.2, -0.15) is 0 Å². The summed E-state index contributed by atoms with van der Waals surface area (Å²) in [6.07, 6.45) is 2.15. The molecule has 4 nitrogen and oxygen atoms in total. The van der Waals surface area contributed by atoms with Gasteiger partial charge in [-0.15, -0.1) is 0 Å². The minimum atomic E-state index is 0.111. The molecule has 1 unspecified atom stereocenters. The molecule has 0 aromatic heterocycles. The molecule has 1 atom stereocenters. The number of hydrogen-bond donors (Lipinski definition) is 1. The molecule has 2 N–H and O–H groups in total. The van der Waals surface area contributed by atoms with Crippen LogP contribution in [-0.4, -0.2) is 31.5 Å². The first kappa shape index (κ1) is 17.5. The monoisotopic (exact) mass is 385 g/mol. The maximum atomic E-state index is 6.14. The number of morpholine rings is 1. The van der Waals surface area contributed by atoms with Crippen molar-refractivity contribution in [2.24, 2.45) is 10.7 Å². The van der Waals surface area contributed by atoms with E-state index in [1.165, 1.54) is 5.69 Å². The Labute approximate surface area is 162 Å². The van der Waals surface area contributed by atoms with Crippen LogP contribution in [0.5, 0.6) is 0 Å². The molecule has 2 aliphatic heterocycles. The van der Waals surface area contributed by atoms with Crippen LogP contribution in [0, 0.1) is 0 Å². The molecular formula is C20H20ClN3OS. The van der Waals surface area contributed by atoms with Gasteiger partial charge < -0.3 is 15.4 Å². The van der Waals surface area contributed by atoms with Crippen LogP contribution in [0.3, 0.4) is 0 Å². The maximum Gasteiger partial charge on any atom is 0.160 e. The molecule has 2 aromatic carbocycles. The van der Waals surface area contributed by atoms with Gasteiger partial charge in [-0.25, -0.2) is 4.99 Å². The van der Waals surface area contributed by atoms with E-state index in [0.717, 1.165) is 48.1 Å². The van der Waals surface area contributed by atoms with E-state index in [1.54, 1.807) is 11.8 Å². The lowest BCUT2D eigenvalue weighted by atomic mass is 10.1. The third kappa shape index (κ3) is 3.90. The molecule has 0 saturated carbocycles. The smallest absolute Gasteiger partial charge is 0.160 e. The highest BCUT2D eigenvalue weighted by Gasteiger charge is 2.19. The van der Waals surface area contributed by atoms with E-state index in [-0.39, 0.29) is 5.25 Å². The molecule has 134 valence electrons. The molecule has 0 aliphatic carbocycles. The molecule has 2 aromatic rings. The summed E-state index contributed by atoms with van der Waals surface area (Å²) in [5, 5.41) is 1.42. The Balaban J connectivity index is 1.59. The number of halogens is 1. The number of thioether (sulfide) groups is 1. The van der Waals surface area contributed by atoms with Gasteiger partial charge in [0.15, 0.2) is 5.17 Å². The number of ether oxygens (including phenoxy) is 1. The summed E-state index contributed by atoms with van der Waals surface area (Å²) in [5.41, 5.74) is 10.4. The number of amidine groups is 1.